The Morgan fingerprint density at radius 1 is 1.25 bits per heavy atom. The van der Waals surface area contributed by atoms with Gasteiger partial charge in [0.25, 0.3) is 0 Å². The lowest BCUT2D eigenvalue weighted by molar-refractivity contribution is 0.139. The Morgan fingerprint density at radius 3 is 2.83 bits per heavy atom. The molecule has 0 aliphatic heterocycles. The van der Waals surface area contributed by atoms with Crippen molar-refractivity contribution in [2.24, 2.45) is 0 Å². The van der Waals surface area contributed by atoms with Crippen LogP contribution in [0, 0.1) is 0 Å². The van der Waals surface area contributed by atoms with Crippen LogP contribution in [0.15, 0.2) is 54.2 Å². The van der Waals surface area contributed by atoms with Gasteiger partial charge in [-0.1, -0.05) is 29.8 Å². The van der Waals surface area contributed by atoms with Gasteiger partial charge in [0.15, 0.2) is 0 Å². The largest absolute Gasteiger partial charge is 0.442 e. The van der Waals surface area contributed by atoms with E-state index in [1.165, 1.54) is 11.3 Å². The van der Waals surface area contributed by atoms with Gasteiger partial charge in [-0.05, 0) is 23.8 Å². The number of pyridine rings is 1. The highest BCUT2D eigenvalue weighted by molar-refractivity contribution is 7.09. The van der Waals surface area contributed by atoms with Gasteiger partial charge in [-0.2, -0.15) is 0 Å². The van der Waals surface area contributed by atoms with Crippen molar-refractivity contribution in [3.8, 4) is 11.3 Å². The van der Waals surface area contributed by atoms with Crippen molar-refractivity contribution >= 4 is 29.0 Å². The van der Waals surface area contributed by atoms with Crippen molar-refractivity contribution < 1.29 is 9.53 Å². The quantitative estimate of drug-likeness (QED) is 0.738. The molecule has 0 aliphatic carbocycles. The van der Waals surface area contributed by atoms with E-state index < -0.39 is 6.09 Å². The van der Waals surface area contributed by atoms with Crippen LogP contribution in [0.5, 0.6) is 0 Å². The van der Waals surface area contributed by atoms with E-state index in [0.717, 1.165) is 21.8 Å². The van der Waals surface area contributed by atoms with Crippen LogP contribution < -0.4 is 5.32 Å². The fourth-order valence-corrected chi connectivity index (χ4v) is 2.83. The molecule has 0 saturated carbocycles. The first kappa shape index (κ1) is 16.4. The molecule has 0 bridgehead atoms. The number of aromatic nitrogens is 2. The summed E-state index contributed by atoms with van der Waals surface area (Å²) in [5, 5.41) is 6.02. The van der Waals surface area contributed by atoms with E-state index in [9.17, 15) is 4.79 Å². The lowest BCUT2D eigenvalue weighted by Crippen LogP contribution is -2.23. The van der Waals surface area contributed by atoms with Crippen LogP contribution in [0.1, 0.15) is 10.6 Å². The number of ether oxygens (including phenoxy) is 1. The molecule has 2 heterocycles. The van der Waals surface area contributed by atoms with Crippen molar-refractivity contribution in [3.05, 3.63) is 69.8 Å². The van der Waals surface area contributed by atoms with Crippen molar-refractivity contribution in [2.75, 3.05) is 0 Å². The third kappa shape index (κ3) is 4.53. The predicted octanol–water partition coefficient (Wildman–Crippen LogP) is 4.28. The topological polar surface area (TPSA) is 64.1 Å². The monoisotopic (exact) mass is 359 g/mol. The fraction of sp³-hybridized carbons (Fsp3) is 0.118. The second kappa shape index (κ2) is 7.90. The molecule has 0 atom stereocenters. The van der Waals surface area contributed by atoms with E-state index >= 15 is 0 Å². The Kier molecular flexibility index (Phi) is 5.40. The SMILES string of the molecule is O=C(NCc1cccnc1)OCc1nc(-c2ccc(Cl)cc2)cs1. The molecule has 0 unspecified atom stereocenters. The molecular formula is C17H14ClN3O2S. The van der Waals surface area contributed by atoms with Gasteiger partial charge in [0.05, 0.1) is 5.69 Å². The molecule has 1 amide bonds. The molecule has 0 aliphatic rings. The van der Waals surface area contributed by atoms with E-state index in [1.807, 2.05) is 41.8 Å². The minimum absolute atomic E-state index is 0.136. The van der Waals surface area contributed by atoms with Crippen molar-refractivity contribution in [2.45, 2.75) is 13.2 Å². The third-order valence-electron chi connectivity index (χ3n) is 3.18. The number of amides is 1. The summed E-state index contributed by atoms with van der Waals surface area (Å²) in [5.41, 5.74) is 2.72. The number of carbonyl (C=O) groups excluding carboxylic acids is 1. The summed E-state index contributed by atoms with van der Waals surface area (Å²) in [4.78, 5) is 20.2. The van der Waals surface area contributed by atoms with Crippen LogP contribution in [-0.2, 0) is 17.9 Å². The molecular weight excluding hydrogens is 346 g/mol. The molecule has 0 radical (unpaired) electrons. The molecule has 0 fully saturated rings. The molecule has 122 valence electrons. The lowest BCUT2D eigenvalue weighted by Gasteiger charge is -2.05. The standard InChI is InChI=1S/C17H14ClN3O2S/c18-14-5-3-13(4-6-14)15-11-24-16(21-15)10-23-17(22)20-9-12-2-1-7-19-8-12/h1-8,11H,9-10H2,(H,20,22). The van der Waals surface area contributed by atoms with E-state index in [0.29, 0.717) is 11.6 Å². The summed E-state index contributed by atoms with van der Waals surface area (Å²) < 4.78 is 5.17. The van der Waals surface area contributed by atoms with Gasteiger partial charge in [-0.25, -0.2) is 9.78 Å². The number of benzene rings is 1. The van der Waals surface area contributed by atoms with Crippen molar-refractivity contribution in [1.82, 2.24) is 15.3 Å². The smallest absolute Gasteiger partial charge is 0.407 e. The molecule has 5 nitrogen and oxygen atoms in total. The average Bonchev–Trinajstić information content (AvgIpc) is 3.09. The minimum atomic E-state index is -0.484. The maximum absolute atomic E-state index is 11.7. The Hall–Kier alpha value is -2.44. The molecule has 1 N–H and O–H groups in total. The van der Waals surface area contributed by atoms with Gasteiger partial charge in [0, 0.05) is 34.9 Å². The zero-order valence-electron chi connectivity index (χ0n) is 12.6. The summed E-state index contributed by atoms with van der Waals surface area (Å²) in [5.74, 6) is 0. The Bertz CT molecular complexity index is 806. The van der Waals surface area contributed by atoms with E-state index in [2.05, 4.69) is 15.3 Å². The van der Waals surface area contributed by atoms with Crippen LogP contribution >= 0.6 is 22.9 Å². The van der Waals surface area contributed by atoms with Crippen LogP contribution in [0.4, 0.5) is 4.79 Å². The van der Waals surface area contributed by atoms with Crippen molar-refractivity contribution in [3.63, 3.8) is 0 Å². The van der Waals surface area contributed by atoms with Gasteiger partial charge in [0.2, 0.25) is 0 Å². The summed E-state index contributed by atoms with van der Waals surface area (Å²) >= 11 is 7.32. The Morgan fingerprint density at radius 2 is 2.08 bits per heavy atom. The van der Waals surface area contributed by atoms with E-state index in [-0.39, 0.29) is 6.61 Å². The molecule has 7 heteroatoms. The minimum Gasteiger partial charge on any atom is -0.442 e. The third-order valence-corrected chi connectivity index (χ3v) is 4.25. The van der Waals surface area contributed by atoms with E-state index in [4.69, 9.17) is 16.3 Å². The second-order valence-electron chi connectivity index (χ2n) is 4.92. The molecule has 0 spiro atoms. The van der Waals surface area contributed by atoms with Crippen LogP contribution in [0.25, 0.3) is 11.3 Å². The highest BCUT2D eigenvalue weighted by atomic mass is 35.5. The van der Waals surface area contributed by atoms with Gasteiger partial charge in [-0.3, -0.25) is 4.98 Å². The first-order valence-corrected chi connectivity index (χ1v) is 8.46. The molecule has 3 rings (SSSR count). The molecule has 3 aromatic rings. The first-order valence-electron chi connectivity index (χ1n) is 7.20. The highest BCUT2D eigenvalue weighted by Crippen LogP contribution is 2.23. The predicted molar refractivity (Wildman–Crippen MR) is 93.8 cm³/mol. The number of nitrogens with zero attached hydrogens (tertiary/aromatic N) is 2. The number of thiazole rings is 1. The number of rotatable bonds is 5. The molecule has 0 saturated heterocycles. The second-order valence-corrected chi connectivity index (χ2v) is 6.30. The Labute approximate surface area is 148 Å². The summed E-state index contributed by atoms with van der Waals surface area (Å²) in [6.07, 6.45) is 2.89. The number of alkyl carbamates (subject to hydrolysis) is 1. The molecule has 2 aromatic heterocycles. The van der Waals surface area contributed by atoms with Gasteiger partial charge in [0.1, 0.15) is 11.6 Å². The number of hydrogen-bond donors (Lipinski definition) is 1. The summed E-state index contributed by atoms with van der Waals surface area (Å²) in [6.45, 7) is 0.512. The maximum atomic E-state index is 11.7. The van der Waals surface area contributed by atoms with Gasteiger partial charge >= 0.3 is 6.09 Å². The Balaban J connectivity index is 1.50. The highest BCUT2D eigenvalue weighted by Gasteiger charge is 2.08. The molecule has 24 heavy (non-hydrogen) atoms. The maximum Gasteiger partial charge on any atom is 0.407 e. The first-order chi connectivity index (χ1) is 11.7. The van der Waals surface area contributed by atoms with E-state index in [1.54, 1.807) is 12.4 Å². The number of hydrogen-bond acceptors (Lipinski definition) is 5. The van der Waals surface area contributed by atoms with Gasteiger partial charge < -0.3 is 10.1 Å². The average molecular weight is 360 g/mol. The van der Waals surface area contributed by atoms with Crippen LogP contribution in [0.3, 0.4) is 0 Å². The number of carbonyl (C=O) groups is 1. The normalized spacial score (nSPS) is 10.4. The number of halogens is 1. The summed E-state index contributed by atoms with van der Waals surface area (Å²) in [6, 6.07) is 11.1. The van der Waals surface area contributed by atoms with Crippen LogP contribution in [0.2, 0.25) is 5.02 Å². The molecule has 1 aromatic carbocycles. The zero-order chi connectivity index (χ0) is 16.8. The zero-order valence-corrected chi connectivity index (χ0v) is 14.2. The fourth-order valence-electron chi connectivity index (χ4n) is 1.99. The van der Waals surface area contributed by atoms with Crippen LogP contribution in [-0.4, -0.2) is 16.1 Å². The lowest BCUT2D eigenvalue weighted by atomic mass is 10.2. The number of nitrogens with one attached hydrogen (secondary N) is 1. The van der Waals surface area contributed by atoms with Crippen molar-refractivity contribution in [1.29, 1.82) is 0 Å². The van der Waals surface area contributed by atoms with Gasteiger partial charge in [-0.15, -0.1) is 11.3 Å². The summed E-state index contributed by atoms with van der Waals surface area (Å²) in [7, 11) is 0.